The van der Waals surface area contributed by atoms with Crippen LogP contribution in [0, 0.1) is 0 Å². The highest BCUT2D eigenvalue weighted by Gasteiger charge is 2.30. The molecule has 2 aromatic rings. The third-order valence-corrected chi connectivity index (χ3v) is 2.88. The Morgan fingerprint density at radius 2 is 1.48 bits per heavy atom. The second-order valence-corrected chi connectivity index (χ2v) is 4.35. The van der Waals surface area contributed by atoms with Gasteiger partial charge in [0.05, 0.1) is 5.56 Å². The first-order valence-corrected chi connectivity index (χ1v) is 6.06. The molecule has 0 radical (unpaired) electrons. The molecule has 0 bridgehead atoms. The standard InChI is InChI=1S/C15H12F3NO2/c16-15(17,18)12-8-6-11(7-9-12)13(21-14(19)20)10-4-2-1-3-5-10/h1-9,13H,(H2,19,20). The lowest BCUT2D eigenvalue weighted by Crippen LogP contribution is -2.18. The Hall–Kier alpha value is -2.50. The minimum atomic E-state index is -4.41. The van der Waals surface area contributed by atoms with Gasteiger partial charge in [-0.05, 0) is 23.3 Å². The largest absolute Gasteiger partial charge is 0.437 e. The van der Waals surface area contributed by atoms with E-state index in [0.717, 1.165) is 12.1 Å². The lowest BCUT2D eigenvalue weighted by molar-refractivity contribution is -0.137. The maximum atomic E-state index is 12.5. The van der Waals surface area contributed by atoms with Crippen molar-refractivity contribution in [3.63, 3.8) is 0 Å². The maximum Gasteiger partial charge on any atom is 0.416 e. The van der Waals surface area contributed by atoms with E-state index in [1.807, 2.05) is 0 Å². The number of ether oxygens (including phenoxy) is 1. The Bertz CT molecular complexity index is 609. The van der Waals surface area contributed by atoms with Crippen molar-refractivity contribution in [2.75, 3.05) is 0 Å². The lowest BCUT2D eigenvalue weighted by Gasteiger charge is -2.18. The zero-order valence-corrected chi connectivity index (χ0v) is 10.8. The molecule has 2 rings (SSSR count). The van der Waals surface area contributed by atoms with Crippen LogP contribution in [-0.4, -0.2) is 6.09 Å². The van der Waals surface area contributed by atoms with Gasteiger partial charge < -0.3 is 10.5 Å². The molecule has 1 amide bonds. The van der Waals surface area contributed by atoms with Gasteiger partial charge in [0.25, 0.3) is 0 Å². The summed E-state index contributed by atoms with van der Waals surface area (Å²) in [5, 5.41) is 0. The number of amides is 1. The molecule has 21 heavy (non-hydrogen) atoms. The van der Waals surface area contributed by atoms with Crippen LogP contribution in [0.2, 0.25) is 0 Å². The van der Waals surface area contributed by atoms with Gasteiger partial charge in [-0.1, -0.05) is 42.5 Å². The SMILES string of the molecule is NC(=O)OC(c1ccccc1)c1ccc(C(F)(F)F)cc1. The normalized spacial score (nSPS) is 12.7. The van der Waals surface area contributed by atoms with Crippen molar-refractivity contribution in [2.24, 2.45) is 5.73 Å². The summed E-state index contributed by atoms with van der Waals surface area (Å²) in [6, 6.07) is 13.1. The molecule has 1 atom stereocenters. The number of hydrogen-bond acceptors (Lipinski definition) is 2. The zero-order chi connectivity index (χ0) is 15.5. The summed E-state index contributed by atoms with van der Waals surface area (Å²) in [7, 11) is 0. The number of primary amides is 1. The van der Waals surface area contributed by atoms with Gasteiger partial charge in [-0.3, -0.25) is 0 Å². The Morgan fingerprint density at radius 3 is 1.95 bits per heavy atom. The highest BCUT2D eigenvalue weighted by atomic mass is 19.4. The number of benzene rings is 2. The van der Waals surface area contributed by atoms with Crippen LogP contribution in [0.15, 0.2) is 54.6 Å². The summed E-state index contributed by atoms with van der Waals surface area (Å²) in [6.45, 7) is 0. The first-order chi connectivity index (χ1) is 9.88. The molecule has 0 heterocycles. The molecule has 0 aliphatic rings. The Kier molecular flexibility index (Phi) is 4.16. The summed E-state index contributed by atoms with van der Waals surface area (Å²) in [5.41, 5.74) is 5.29. The third kappa shape index (κ3) is 3.75. The van der Waals surface area contributed by atoms with Crippen molar-refractivity contribution in [3.8, 4) is 0 Å². The molecule has 1 unspecified atom stereocenters. The lowest BCUT2D eigenvalue weighted by atomic mass is 10.00. The molecular formula is C15H12F3NO2. The predicted octanol–water partition coefficient (Wildman–Crippen LogP) is 3.89. The average Bonchev–Trinajstić information content (AvgIpc) is 2.45. The van der Waals surface area contributed by atoms with Gasteiger partial charge in [0.15, 0.2) is 6.10 Å². The molecule has 0 spiro atoms. The number of rotatable bonds is 3. The van der Waals surface area contributed by atoms with Gasteiger partial charge in [-0.15, -0.1) is 0 Å². The molecule has 0 aromatic heterocycles. The van der Waals surface area contributed by atoms with Crippen molar-refractivity contribution in [2.45, 2.75) is 12.3 Å². The highest BCUT2D eigenvalue weighted by Crippen LogP contribution is 2.32. The van der Waals surface area contributed by atoms with Gasteiger partial charge in [0.1, 0.15) is 0 Å². The van der Waals surface area contributed by atoms with E-state index in [1.165, 1.54) is 12.1 Å². The minimum Gasteiger partial charge on any atom is -0.437 e. The van der Waals surface area contributed by atoms with E-state index < -0.39 is 23.9 Å². The van der Waals surface area contributed by atoms with Crippen molar-refractivity contribution in [1.82, 2.24) is 0 Å². The van der Waals surface area contributed by atoms with Crippen LogP contribution in [0.1, 0.15) is 22.8 Å². The van der Waals surface area contributed by atoms with Gasteiger partial charge in [-0.25, -0.2) is 4.79 Å². The summed E-state index contributed by atoms with van der Waals surface area (Å²) < 4.78 is 42.7. The molecule has 0 fully saturated rings. The number of halogens is 3. The van der Waals surface area contributed by atoms with Crippen LogP contribution in [0.4, 0.5) is 18.0 Å². The summed E-state index contributed by atoms with van der Waals surface area (Å²) in [6.07, 6.45) is -6.25. The number of hydrogen-bond donors (Lipinski definition) is 1. The van der Waals surface area contributed by atoms with E-state index in [1.54, 1.807) is 30.3 Å². The number of carbonyl (C=O) groups is 1. The van der Waals surface area contributed by atoms with Crippen LogP contribution in [0.5, 0.6) is 0 Å². The average molecular weight is 295 g/mol. The Labute approximate surface area is 119 Å². The van der Waals surface area contributed by atoms with Gasteiger partial charge in [0, 0.05) is 0 Å². The topological polar surface area (TPSA) is 52.3 Å². The number of carbonyl (C=O) groups excluding carboxylic acids is 1. The van der Waals surface area contributed by atoms with E-state index in [4.69, 9.17) is 10.5 Å². The van der Waals surface area contributed by atoms with Crippen molar-refractivity contribution in [1.29, 1.82) is 0 Å². The van der Waals surface area contributed by atoms with E-state index in [-0.39, 0.29) is 0 Å². The predicted molar refractivity (Wildman–Crippen MR) is 70.4 cm³/mol. The van der Waals surface area contributed by atoms with E-state index in [9.17, 15) is 18.0 Å². The number of alkyl halides is 3. The molecule has 3 nitrogen and oxygen atoms in total. The van der Waals surface area contributed by atoms with Gasteiger partial charge in [0.2, 0.25) is 0 Å². The van der Waals surface area contributed by atoms with Crippen molar-refractivity contribution in [3.05, 3.63) is 71.3 Å². The maximum absolute atomic E-state index is 12.5. The van der Waals surface area contributed by atoms with E-state index >= 15 is 0 Å². The molecule has 0 aliphatic carbocycles. The number of nitrogens with two attached hydrogens (primary N) is 1. The first kappa shape index (κ1) is 14.9. The second-order valence-electron chi connectivity index (χ2n) is 4.35. The Balaban J connectivity index is 2.36. The van der Waals surface area contributed by atoms with Crippen molar-refractivity contribution < 1.29 is 22.7 Å². The van der Waals surface area contributed by atoms with Gasteiger partial charge >= 0.3 is 12.3 Å². The summed E-state index contributed by atoms with van der Waals surface area (Å²) in [4.78, 5) is 11.0. The molecule has 0 saturated heterocycles. The molecule has 6 heteroatoms. The van der Waals surface area contributed by atoms with Crippen LogP contribution in [-0.2, 0) is 10.9 Å². The fraction of sp³-hybridized carbons (Fsp3) is 0.133. The van der Waals surface area contributed by atoms with Crippen LogP contribution in [0.3, 0.4) is 0 Å². The fourth-order valence-electron chi connectivity index (χ4n) is 1.92. The highest BCUT2D eigenvalue weighted by molar-refractivity contribution is 5.65. The van der Waals surface area contributed by atoms with E-state index in [0.29, 0.717) is 11.1 Å². The van der Waals surface area contributed by atoms with Crippen LogP contribution >= 0.6 is 0 Å². The van der Waals surface area contributed by atoms with Crippen LogP contribution in [0.25, 0.3) is 0 Å². The van der Waals surface area contributed by atoms with E-state index in [2.05, 4.69) is 0 Å². The fourth-order valence-corrected chi connectivity index (χ4v) is 1.92. The molecule has 0 saturated carbocycles. The molecular weight excluding hydrogens is 283 g/mol. The second kappa shape index (κ2) is 5.87. The molecule has 110 valence electrons. The summed E-state index contributed by atoms with van der Waals surface area (Å²) in [5.74, 6) is 0. The minimum absolute atomic E-state index is 0.410. The monoisotopic (exact) mass is 295 g/mol. The quantitative estimate of drug-likeness (QED) is 0.934. The molecule has 0 aliphatic heterocycles. The van der Waals surface area contributed by atoms with Crippen molar-refractivity contribution >= 4 is 6.09 Å². The van der Waals surface area contributed by atoms with Gasteiger partial charge in [-0.2, -0.15) is 13.2 Å². The Morgan fingerprint density at radius 1 is 0.952 bits per heavy atom. The molecule has 2 N–H and O–H groups in total. The molecule has 2 aromatic carbocycles. The summed E-state index contributed by atoms with van der Waals surface area (Å²) >= 11 is 0. The zero-order valence-electron chi connectivity index (χ0n) is 10.8. The third-order valence-electron chi connectivity index (χ3n) is 2.88. The smallest absolute Gasteiger partial charge is 0.416 e. The first-order valence-electron chi connectivity index (χ1n) is 6.06. The van der Waals surface area contributed by atoms with Crippen LogP contribution < -0.4 is 5.73 Å².